The Morgan fingerprint density at radius 3 is 2.43 bits per heavy atom. The highest BCUT2D eigenvalue weighted by molar-refractivity contribution is 9.10. The fraction of sp³-hybridized carbons (Fsp3) is 0.0667. The second-order valence-electron chi connectivity index (χ2n) is 4.29. The summed E-state index contributed by atoms with van der Waals surface area (Å²) in [6.07, 6.45) is 0. The van der Waals surface area contributed by atoms with E-state index in [-0.39, 0.29) is 12.5 Å². The van der Waals surface area contributed by atoms with Crippen LogP contribution in [0.3, 0.4) is 0 Å². The molecule has 0 aliphatic heterocycles. The molecule has 5 nitrogen and oxygen atoms in total. The Labute approximate surface area is 130 Å². The lowest BCUT2D eigenvalue weighted by atomic mass is 10.1. The first kappa shape index (κ1) is 15.2. The van der Waals surface area contributed by atoms with Crippen molar-refractivity contribution >= 4 is 27.7 Å². The summed E-state index contributed by atoms with van der Waals surface area (Å²) >= 11 is 3.30. The molecule has 6 heteroatoms. The Morgan fingerprint density at radius 1 is 1.10 bits per heavy atom. The monoisotopic (exact) mass is 348 g/mol. The molecule has 0 atom stereocenters. The maximum atomic E-state index is 11.8. The minimum Gasteiger partial charge on any atom is -0.366 e. The van der Waals surface area contributed by atoms with E-state index in [9.17, 15) is 9.59 Å². The van der Waals surface area contributed by atoms with Crippen LogP contribution in [-0.2, 0) is 11.4 Å². The van der Waals surface area contributed by atoms with Crippen molar-refractivity contribution in [3.05, 3.63) is 69.7 Å². The molecule has 0 unspecified atom stereocenters. The summed E-state index contributed by atoms with van der Waals surface area (Å²) < 4.78 is 0.817. The van der Waals surface area contributed by atoms with Crippen LogP contribution >= 0.6 is 15.9 Å². The zero-order chi connectivity index (χ0) is 15.2. The van der Waals surface area contributed by atoms with Crippen molar-refractivity contribution in [2.45, 2.75) is 6.61 Å². The van der Waals surface area contributed by atoms with Gasteiger partial charge in [0.15, 0.2) is 0 Å². The minimum absolute atomic E-state index is 0.193. The number of nitrogens with two attached hydrogens (primary N) is 1. The second kappa shape index (κ2) is 7.01. The van der Waals surface area contributed by atoms with Crippen molar-refractivity contribution in [3.63, 3.8) is 0 Å². The standard InChI is InChI=1S/C15H13BrN2O3/c16-13-3-1-2-12(8-13)15(20)18-21-9-10-4-6-11(7-5-10)14(17)19/h1-8H,9H2,(H2,17,19)(H,18,20). The smallest absolute Gasteiger partial charge is 0.274 e. The third kappa shape index (κ3) is 4.40. The van der Waals surface area contributed by atoms with Crippen molar-refractivity contribution in [3.8, 4) is 0 Å². The molecular weight excluding hydrogens is 336 g/mol. The summed E-state index contributed by atoms with van der Waals surface area (Å²) in [7, 11) is 0. The van der Waals surface area contributed by atoms with Crippen molar-refractivity contribution in [1.82, 2.24) is 5.48 Å². The lowest BCUT2D eigenvalue weighted by Crippen LogP contribution is -2.23. The number of carbonyl (C=O) groups is 2. The Hall–Kier alpha value is -2.18. The summed E-state index contributed by atoms with van der Waals surface area (Å²) in [5.41, 5.74) is 9.25. The second-order valence-corrected chi connectivity index (χ2v) is 5.21. The maximum Gasteiger partial charge on any atom is 0.274 e. The number of primary amides is 1. The Bertz CT molecular complexity index is 656. The number of hydrogen-bond acceptors (Lipinski definition) is 3. The van der Waals surface area contributed by atoms with E-state index in [0.717, 1.165) is 10.0 Å². The highest BCUT2D eigenvalue weighted by atomic mass is 79.9. The molecule has 0 radical (unpaired) electrons. The normalized spacial score (nSPS) is 10.1. The molecule has 0 heterocycles. The van der Waals surface area contributed by atoms with Crippen LogP contribution in [0.1, 0.15) is 26.3 Å². The first-order chi connectivity index (χ1) is 10.1. The molecule has 3 N–H and O–H groups in total. The summed E-state index contributed by atoms with van der Waals surface area (Å²) in [5, 5.41) is 0. The molecule has 0 aliphatic carbocycles. The largest absolute Gasteiger partial charge is 0.366 e. The lowest BCUT2D eigenvalue weighted by molar-refractivity contribution is 0.0233. The van der Waals surface area contributed by atoms with Gasteiger partial charge in [0.05, 0.1) is 6.61 Å². The number of benzene rings is 2. The molecule has 0 bridgehead atoms. The van der Waals surface area contributed by atoms with Gasteiger partial charge in [0.2, 0.25) is 5.91 Å². The van der Waals surface area contributed by atoms with Gasteiger partial charge in [-0.05, 0) is 35.9 Å². The van der Waals surface area contributed by atoms with Crippen LogP contribution in [0.2, 0.25) is 0 Å². The number of nitrogens with one attached hydrogen (secondary N) is 1. The Kier molecular flexibility index (Phi) is 5.08. The number of hydrogen-bond donors (Lipinski definition) is 2. The van der Waals surface area contributed by atoms with Crippen LogP contribution in [0, 0.1) is 0 Å². The highest BCUT2D eigenvalue weighted by Crippen LogP contribution is 2.11. The van der Waals surface area contributed by atoms with Crippen molar-refractivity contribution in [1.29, 1.82) is 0 Å². The number of rotatable bonds is 5. The molecule has 108 valence electrons. The number of amides is 2. The number of hydroxylamine groups is 1. The molecule has 2 amide bonds. The van der Waals surface area contributed by atoms with E-state index in [0.29, 0.717) is 11.1 Å². The van der Waals surface area contributed by atoms with E-state index < -0.39 is 5.91 Å². The predicted octanol–water partition coefficient (Wildman–Crippen LogP) is 2.41. The molecule has 0 aliphatic rings. The number of halogens is 1. The van der Waals surface area contributed by atoms with E-state index in [1.165, 1.54) is 0 Å². The van der Waals surface area contributed by atoms with Gasteiger partial charge >= 0.3 is 0 Å². The van der Waals surface area contributed by atoms with Gasteiger partial charge in [-0.15, -0.1) is 0 Å². The molecule has 0 spiro atoms. The van der Waals surface area contributed by atoms with Gasteiger partial charge in [-0.2, -0.15) is 0 Å². The maximum absolute atomic E-state index is 11.8. The van der Waals surface area contributed by atoms with Crippen molar-refractivity contribution in [2.75, 3.05) is 0 Å². The van der Waals surface area contributed by atoms with Crippen LogP contribution in [0.25, 0.3) is 0 Å². The van der Waals surface area contributed by atoms with Gasteiger partial charge in [-0.3, -0.25) is 14.4 Å². The summed E-state index contributed by atoms with van der Waals surface area (Å²) in [6.45, 7) is 0.193. The zero-order valence-electron chi connectivity index (χ0n) is 11.0. The first-order valence-electron chi connectivity index (χ1n) is 6.12. The van der Waals surface area contributed by atoms with E-state index in [1.54, 1.807) is 42.5 Å². The first-order valence-corrected chi connectivity index (χ1v) is 6.92. The lowest BCUT2D eigenvalue weighted by Gasteiger charge is -2.06. The fourth-order valence-electron chi connectivity index (χ4n) is 1.64. The molecule has 2 aromatic rings. The van der Waals surface area contributed by atoms with Crippen LogP contribution in [0.4, 0.5) is 0 Å². The SMILES string of the molecule is NC(=O)c1ccc(CONC(=O)c2cccc(Br)c2)cc1. The van der Waals surface area contributed by atoms with Crippen LogP contribution < -0.4 is 11.2 Å². The van der Waals surface area contributed by atoms with E-state index >= 15 is 0 Å². The van der Waals surface area contributed by atoms with Gasteiger partial charge in [0, 0.05) is 15.6 Å². The molecule has 2 aromatic carbocycles. The quantitative estimate of drug-likeness (QED) is 0.814. The molecule has 0 saturated heterocycles. The average molecular weight is 349 g/mol. The summed E-state index contributed by atoms with van der Waals surface area (Å²) in [5.74, 6) is -0.810. The van der Waals surface area contributed by atoms with Gasteiger partial charge in [-0.1, -0.05) is 34.1 Å². The molecule has 0 saturated carbocycles. The summed E-state index contributed by atoms with van der Waals surface area (Å²) in [4.78, 5) is 27.9. The van der Waals surface area contributed by atoms with Gasteiger partial charge in [0.1, 0.15) is 0 Å². The van der Waals surface area contributed by atoms with Gasteiger partial charge < -0.3 is 5.73 Å². The van der Waals surface area contributed by atoms with Gasteiger partial charge in [0.25, 0.3) is 5.91 Å². The van der Waals surface area contributed by atoms with Crippen molar-refractivity contribution in [2.24, 2.45) is 5.73 Å². The van der Waals surface area contributed by atoms with Crippen LogP contribution in [0.15, 0.2) is 53.0 Å². The van der Waals surface area contributed by atoms with Crippen LogP contribution in [0.5, 0.6) is 0 Å². The van der Waals surface area contributed by atoms with E-state index in [2.05, 4.69) is 21.4 Å². The van der Waals surface area contributed by atoms with E-state index in [1.807, 2.05) is 6.07 Å². The van der Waals surface area contributed by atoms with Crippen LogP contribution in [-0.4, -0.2) is 11.8 Å². The molecule has 0 fully saturated rings. The highest BCUT2D eigenvalue weighted by Gasteiger charge is 2.06. The average Bonchev–Trinajstić information content (AvgIpc) is 2.47. The Morgan fingerprint density at radius 2 is 1.81 bits per heavy atom. The van der Waals surface area contributed by atoms with E-state index in [4.69, 9.17) is 10.6 Å². The molecule has 2 rings (SSSR count). The topological polar surface area (TPSA) is 81.4 Å². The minimum atomic E-state index is -0.481. The fourth-order valence-corrected chi connectivity index (χ4v) is 2.04. The third-order valence-electron chi connectivity index (χ3n) is 2.73. The zero-order valence-corrected chi connectivity index (χ0v) is 12.6. The van der Waals surface area contributed by atoms with Crippen molar-refractivity contribution < 1.29 is 14.4 Å². The molecular formula is C15H13BrN2O3. The predicted molar refractivity (Wildman–Crippen MR) is 81.4 cm³/mol. The number of carbonyl (C=O) groups excluding carboxylic acids is 2. The Balaban J connectivity index is 1.86. The molecule has 21 heavy (non-hydrogen) atoms. The van der Waals surface area contributed by atoms with Gasteiger partial charge in [-0.25, -0.2) is 5.48 Å². The summed E-state index contributed by atoms with van der Waals surface area (Å²) in [6, 6.07) is 13.6. The third-order valence-corrected chi connectivity index (χ3v) is 3.22. The molecule has 0 aromatic heterocycles.